The molecule has 0 amide bonds. The van der Waals surface area contributed by atoms with E-state index in [0.717, 1.165) is 14.3 Å². The van der Waals surface area contributed by atoms with Crippen LogP contribution in [-0.2, 0) is 26.7 Å². The second kappa shape index (κ2) is 11.8. The molecule has 0 fully saturated rings. The maximum atomic E-state index is 8.97. The quantitative estimate of drug-likeness (QED) is 0.167. The van der Waals surface area contributed by atoms with Gasteiger partial charge in [-0.3, -0.25) is 0 Å². The molecule has 0 aliphatic heterocycles. The standard InChI is InChI=1S/C21H14.C21H25.C5H5.2ClH.Zr/c1-3-7-20-14-16(9-11-18(20)5-1)13-17-10-12-19-6-2-4-8-21(19)15-17;1-20(2,3)16-7-9-18-14(12-16)11-15-13-17(21(4,5)6)8-10-19(15)18;1-2-4-5-3-1;;;/h1-12,14-15H;7-13H,1-6H3;1-5H;2*1H;/q;;;;;+2/p-2. The number of fused-ring (bicyclic) bond motifs is 5. The van der Waals surface area contributed by atoms with E-state index in [4.69, 9.17) is 17.0 Å². The Labute approximate surface area is 305 Å². The normalized spacial score (nSPS) is 15.2. The van der Waals surface area contributed by atoms with Crippen LogP contribution >= 0.6 is 17.0 Å². The molecule has 0 bridgehead atoms. The Morgan fingerprint density at radius 3 is 1.34 bits per heavy atom. The van der Waals surface area contributed by atoms with Crippen LogP contribution in [-0.4, -0.2) is 3.21 Å². The third-order valence-corrected chi connectivity index (χ3v) is 30.8. The van der Waals surface area contributed by atoms with Crippen LogP contribution in [0.15, 0.2) is 146 Å². The van der Waals surface area contributed by atoms with Crippen molar-refractivity contribution in [1.29, 1.82) is 0 Å². The van der Waals surface area contributed by atoms with Crippen molar-refractivity contribution in [2.75, 3.05) is 0 Å². The predicted molar refractivity (Wildman–Crippen MR) is 216 cm³/mol. The fourth-order valence-corrected chi connectivity index (χ4v) is 27.8. The maximum absolute atomic E-state index is 8.97. The Kier molecular flexibility index (Phi) is 8.00. The van der Waals surface area contributed by atoms with E-state index in [1.165, 1.54) is 54.9 Å². The Hall–Kier alpha value is -3.35. The second-order valence-electron chi connectivity index (χ2n) is 16.5. The minimum absolute atomic E-state index is 0.0365. The number of benzene rings is 6. The average Bonchev–Trinajstić information content (AvgIpc) is 3.75. The Balaban J connectivity index is 1.59. The van der Waals surface area contributed by atoms with Gasteiger partial charge in [-0.1, -0.05) is 0 Å². The summed E-state index contributed by atoms with van der Waals surface area (Å²) >= 11 is -5.56. The van der Waals surface area contributed by atoms with Crippen LogP contribution in [0.3, 0.4) is 0 Å². The Morgan fingerprint density at radius 1 is 0.500 bits per heavy atom. The summed E-state index contributed by atoms with van der Waals surface area (Å²) in [6, 6.07) is 45.0. The van der Waals surface area contributed by atoms with E-state index in [2.05, 4.69) is 187 Å². The molecule has 0 nitrogen and oxygen atoms in total. The first-order valence-electron chi connectivity index (χ1n) is 17.8. The molecule has 6 aromatic carbocycles. The molecule has 250 valence electrons. The summed E-state index contributed by atoms with van der Waals surface area (Å²) in [5.74, 6) is 0. The number of halogens is 2. The molecular formula is C47H44Cl2Zr. The number of rotatable bonds is 4. The van der Waals surface area contributed by atoms with Gasteiger partial charge in [0.05, 0.1) is 0 Å². The molecule has 0 aromatic heterocycles. The fraction of sp³-hybridized carbons (Fsp3) is 0.213. The minimum atomic E-state index is -5.56. The molecule has 2 aliphatic rings. The van der Waals surface area contributed by atoms with Crippen molar-refractivity contribution in [3.63, 3.8) is 0 Å². The van der Waals surface area contributed by atoms with Gasteiger partial charge in [-0.25, -0.2) is 0 Å². The summed E-state index contributed by atoms with van der Waals surface area (Å²) in [5.41, 5.74) is 9.77. The average molecular weight is 771 g/mol. The van der Waals surface area contributed by atoms with Gasteiger partial charge < -0.3 is 0 Å². The molecular weight excluding hydrogens is 727 g/mol. The molecule has 8 rings (SSSR count). The first kappa shape index (κ1) is 33.8. The third kappa shape index (κ3) is 5.39. The summed E-state index contributed by atoms with van der Waals surface area (Å²) in [4.78, 5) is 0. The van der Waals surface area contributed by atoms with Gasteiger partial charge in [0.2, 0.25) is 0 Å². The van der Waals surface area contributed by atoms with Gasteiger partial charge in [-0.15, -0.1) is 0 Å². The van der Waals surface area contributed by atoms with Crippen molar-refractivity contribution in [2.24, 2.45) is 0 Å². The third-order valence-electron chi connectivity index (χ3n) is 11.2. The number of allylic oxidation sites excluding steroid dienone is 4. The molecule has 3 heteroatoms. The zero-order chi connectivity index (χ0) is 35.1. The summed E-state index contributed by atoms with van der Waals surface area (Å²) in [6.07, 6.45) is 8.86. The molecule has 2 aliphatic carbocycles. The topological polar surface area (TPSA) is 0 Å². The van der Waals surface area contributed by atoms with E-state index < -0.39 is 15.9 Å². The van der Waals surface area contributed by atoms with E-state index in [1.54, 1.807) is 0 Å². The fourth-order valence-electron chi connectivity index (χ4n) is 8.46. The summed E-state index contributed by atoms with van der Waals surface area (Å²) in [7, 11) is 17.9. The molecule has 0 saturated carbocycles. The summed E-state index contributed by atoms with van der Waals surface area (Å²) in [6.45, 7) is 13.8. The van der Waals surface area contributed by atoms with Gasteiger partial charge in [0.15, 0.2) is 0 Å². The van der Waals surface area contributed by atoms with Crippen LogP contribution in [0.5, 0.6) is 0 Å². The molecule has 0 radical (unpaired) electrons. The van der Waals surface area contributed by atoms with Gasteiger partial charge in [0, 0.05) is 0 Å². The van der Waals surface area contributed by atoms with E-state index in [0.29, 0.717) is 0 Å². The molecule has 0 atom stereocenters. The number of hydrogen-bond acceptors (Lipinski definition) is 0. The molecule has 0 spiro atoms. The predicted octanol–water partition coefficient (Wildman–Crippen LogP) is 13.8. The van der Waals surface area contributed by atoms with Crippen molar-refractivity contribution in [3.8, 4) is 11.1 Å². The zero-order valence-electron chi connectivity index (χ0n) is 29.8. The van der Waals surface area contributed by atoms with Crippen LogP contribution in [0.4, 0.5) is 0 Å². The van der Waals surface area contributed by atoms with Gasteiger partial charge in [-0.2, -0.15) is 0 Å². The van der Waals surface area contributed by atoms with Crippen molar-refractivity contribution in [3.05, 3.63) is 179 Å². The molecule has 6 aromatic rings. The van der Waals surface area contributed by atoms with E-state index in [9.17, 15) is 0 Å². The van der Waals surface area contributed by atoms with E-state index in [1.807, 2.05) is 0 Å². The Bertz CT molecular complexity index is 2320. The monoisotopic (exact) mass is 768 g/mol. The molecule has 0 unspecified atom stereocenters. The SMILES string of the molecule is CC(C)(C)c1ccc2c(c1)[CH]([Zr]([Cl])([Cl])(=[C](c1ccc3ccccc3c1)c1ccc3ccccc3c1)[CH]1C=CC=C1)c1cc(C(C)(C)C)ccc1-2. The van der Waals surface area contributed by atoms with Crippen LogP contribution in [0.1, 0.15) is 78.5 Å². The van der Waals surface area contributed by atoms with Crippen molar-refractivity contribution >= 4 is 41.8 Å². The van der Waals surface area contributed by atoms with Gasteiger partial charge in [0.25, 0.3) is 0 Å². The number of hydrogen-bond donors (Lipinski definition) is 0. The van der Waals surface area contributed by atoms with Crippen molar-refractivity contribution in [2.45, 2.75) is 59.6 Å². The zero-order valence-corrected chi connectivity index (χ0v) is 33.7. The molecule has 0 N–H and O–H groups in total. The van der Waals surface area contributed by atoms with Gasteiger partial charge in [-0.05, 0) is 0 Å². The van der Waals surface area contributed by atoms with E-state index >= 15 is 0 Å². The van der Waals surface area contributed by atoms with Crippen LogP contribution in [0.2, 0.25) is 3.63 Å². The van der Waals surface area contributed by atoms with Gasteiger partial charge in [0.1, 0.15) is 0 Å². The van der Waals surface area contributed by atoms with E-state index in [-0.39, 0.29) is 18.1 Å². The molecule has 50 heavy (non-hydrogen) atoms. The van der Waals surface area contributed by atoms with Crippen LogP contribution in [0.25, 0.3) is 32.7 Å². The van der Waals surface area contributed by atoms with Crippen molar-refractivity contribution < 1.29 is 15.9 Å². The summed E-state index contributed by atoms with van der Waals surface area (Å²) in [5, 5.41) is 4.77. The van der Waals surface area contributed by atoms with Gasteiger partial charge >= 0.3 is 307 Å². The Morgan fingerprint density at radius 2 is 0.920 bits per heavy atom. The summed E-state index contributed by atoms with van der Waals surface area (Å²) < 4.78 is 0.825. The van der Waals surface area contributed by atoms with Crippen LogP contribution in [0, 0.1) is 0 Å². The molecule has 0 saturated heterocycles. The first-order valence-corrected chi connectivity index (χ1v) is 28.2. The first-order chi connectivity index (χ1) is 23.7. The molecule has 0 heterocycles. The van der Waals surface area contributed by atoms with Crippen LogP contribution < -0.4 is 0 Å². The van der Waals surface area contributed by atoms with Crippen molar-refractivity contribution in [1.82, 2.24) is 0 Å². The second-order valence-corrected chi connectivity index (χ2v) is 37.2.